The number of hydrogen-bond donors (Lipinski definition) is 1. The number of allylic oxidation sites excluding steroid dienone is 4. The van der Waals surface area contributed by atoms with Crippen LogP contribution >= 0.6 is 0 Å². The third kappa shape index (κ3) is 3.35. The van der Waals surface area contributed by atoms with Gasteiger partial charge in [-0.05, 0) is 78.9 Å². The van der Waals surface area contributed by atoms with E-state index in [1.54, 1.807) is 6.92 Å². The quantitative estimate of drug-likeness (QED) is 0.546. The van der Waals surface area contributed by atoms with Gasteiger partial charge >= 0.3 is 0 Å². The molecular formula is C30H32F5NO3. The molecular weight excluding hydrogens is 517 g/mol. The van der Waals surface area contributed by atoms with E-state index in [-0.39, 0.29) is 31.5 Å². The second-order valence-electron chi connectivity index (χ2n) is 12.8. The van der Waals surface area contributed by atoms with E-state index < -0.39 is 81.8 Å². The number of nitrogens with zero attached hydrogens (tertiary/aromatic N) is 1. The Balaban J connectivity index is 1.39. The van der Waals surface area contributed by atoms with Gasteiger partial charge in [-0.1, -0.05) is 13.0 Å². The predicted octanol–water partition coefficient (Wildman–Crippen LogP) is 4.85. The van der Waals surface area contributed by atoms with Gasteiger partial charge in [0.05, 0.1) is 11.5 Å². The van der Waals surface area contributed by atoms with Crippen molar-refractivity contribution >= 4 is 11.6 Å². The van der Waals surface area contributed by atoms with Crippen LogP contribution in [0.15, 0.2) is 42.0 Å². The Labute approximate surface area is 223 Å². The Morgan fingerprint density at radius 2 is 1.82 bits per heavy atom. The lowest BCUT2D eigenvalue weighted by Gasteiger charge is -2.63. The van der Waals surface area contributed by atoms with Crippen molar-refractivity contribution in [1.82, 2.24) is 4.90 Å². The molecule has 9 atom stereocenters. The minimum absolute atomic E-state index is 0.0256. The Bertz CT molecular complexity index is 1300. The van der Waals surface area contributed by atoms with E-state index in [4.69, 9.17) is 0 Å². The highest BCUT2D eigenvalue weighted by Gasteiger charge is 2.78. The minimum atomic E-state index is -2.28. The molecule has 1 aliphatic heterocycles. The normalized spacial score (nSPS) is 44.9. The van der Waals surface area contributed by atoms with Crippen molar-refractivity contribution in [3.05, 3.63) is 59.2 Å². The molecule has 4 fully saturated rings. The SMILES string of the molecule is C[C@]12C=CC(=O)C=C1[C@@H](F)C[C@H]1[C@@H]3C[C@H]4CN(Cc5cc(F)cc(F)c5)C[C@@]4(C(=O)CF)[C@@]3(C)C[C@H](O)[C@@]12F. The maximum absolute atomic E-state index is 17.4. The lowest BCUT2D eigenvalue weighted by Crippen LogP contribution is -2.69. The number of fused-ring (bicyclic) bond motifs is 7. The zero-order valence-corrected chi connectivity index (χ0v) is 21.9. The summed E-state index contributed by atoms with van der Waals surface area (Å²) in [4.78, 5) is 27.4. The molecule has 4 nitrogen and oxygen atoms in total. The van der Waals surface area contributed by atoms with Crippen LogP contribution in [0.2, 0.25) is 0 Å². The van der Waals surface area contributed by atoms with Crippen LogP contribution in [0.25, 0.3) is 0 Å². The van der Waals surface area contributed by atoms with E-state index >= 15 is 8.78 Å². The van der Waals surface area contributed by atoms with E-state index in [1.807, 2.05) is 4.90 Å². The summed E-state index contributed by atoms with van der Waals surface area (Å²) < 4.78 is 75.0. The molecule has 5 aliphatic rings. The highest BCUT2D eigenvalue weighted by molar-refractivity contribution is 6.01. The molecule has 210 valence electrons. The minimum Gasteiger partial charge on any atom is -0.390 e. The average Bonchev–Trinajstić information content (AvgIpc) is 3.33. The molecule has 0 unspecified atom stereocenters. The first-order chi connectivity index (χ1) is 18.3. The van der Waals surface area contributed by atoms with Crippen molar-refractivity contribution in [2.45, 2.75) is 57.6 Å². The summed E-state index contributed by atoms with van der Waals surface area (Å²) in [5.41, 5.74) is -5.71. The molecule has 1 saturated heterocycles. The first-order valence-corrected chi connectivity index (χ1v) is 13.5. The van der Waals surface area contributed by atoms with Crippen LogP contribution in [0.5, 0.6) is 0 Å². The van der Waals surface area contributed by atoms with Crippen molar-refractivity contribution in [2.75, 3.05) is 19.8 Å². The summed E-state index contributed by atoms with van der Waals surface area (Å²) in [6.07, 6.45) is 0.499. The first kappa shape index (κ1) is 26.8. The molecule has 4 aliphatic carbocycles. The molecule has 1 N–H and O–H groups in total. The monoisotopic (exact) mass is 549 g/mol. The molecule has 6 rings (SSSR count). The maximum Gasteiger partial charge on any atom is 0.178 e. The number of ketones is 2. The number of rotatable bonds is 4. The van der Waals surface area contributed by atoms with Gasteiger partial charge < -0.3 is 5.11 Å². The standard InChI is InChI=1S/C30H32F5NO3/c1-27-4-3-20(37)9-23(27)24(34)10-22-21-7-17-14-36(13-16-5-18(32)8-19(33)6-16)15-29(17,26(39)12-31)28(21,2)11-25(38)30(22,27)35/h3-6,8-9,17,21-22,24-25,38H,7,10-15H2,1-2H3/t17-,21-,22-,24-,25-,27-,28-,29+,30-/m0/s1. The topological polar surface area (TPSA) is 57.6 Å². The van der Waals surface area contributed by atoms with Crippen molar-refractivity contribution in [3.8, 4) is 0 Å². The van der Waals surface area contributed by atoms with Crippen LogP contribution in [0.4, 0.5) is 22.0 Å². The van der Waals surface area contributed by atoms with Gasteiger partial charge in [0.15, 0.2) is 17.2 Å². The third-order valence-electron chi connectivity index (χ3n) is 11.2. The number of hydrogen-bond acceptors (Lipinski definition) is 4. The summed E-state index contributed by atoms with van der Waals surface area (Å²) in [7, 11) is 0. The van der Waals surface area contributed by atoms with Crippen LogP contribution in [0.1, 0.15) is 38.7 Å². The summed E-state index contributed by atoms with van der Waals surface area (Å²) in [6, 6.07) is 3.20. The first-order valence-electron chi connectivity index (χ1n) is 13.5. The largest absolute Gasteiger partial charge is 0.390 e. The number of likely N-dealkylation sites (tertiary alicyclic amines) is 1. The zero-order chi connectivity index (χ0) is 28.1. The van der Waals surface area contributed by atoms with Gasteiger partial charge in [-0.15, -0.1) is 0 Å². The van der Waals surface area contributed by atoms with Gasteiger partial charge in [-0.2, -0.15) is 0 Å². The fourth-order valence-corrected chi connectivity index (χ4v) is 9.58. The van der Waals surface area contributed by atoms with Crippen molar-refractivity contribution in [2.24, 2.45) is 34.0 Å². The second kappa shape index (κ2) is 8.56. The number of halogens is 5. The van der Waals surface area contributed by atoms with E-state index in [1.165, 1.54) is 31.2 Å². The van der Waals surface area contributed by atoms with Crippen LogP contribution < -0.4 is 0 Å². The predicted molar refractivity (Wildman–Crippen MR) is 133 cm³/mol. The summed E-state index contributed by atoms with van der Waals surface area (Å²) in [5, 5.41) is 11.5. The summed E-state index contributed by atoms with van der Waals surface area (Å²) in [6.45, 7) is 2.65. The fourth-order valence-electron chi connectivity index (χ4n) is 9.58. The van der Waals surface area contributed by atoms with Crippen molar-refractivity contribution in [3.63, 3.8) is 0 Å². The van der Waals surface area contributed by atoms with Gasteiger partial charge in [-0.25, -0.2) is 22.0 Å². The Kier molecular flexibility index (Phi) is 5.88. The number of carbonyl (C=O) groups excluding carboxylic acids is 2. The molecule has 1 heterocycles. The Morgan fingerprint density at radius 1 is 1.13 bits per heavy atom. The molecule has 1 aromatic carbocycles. The van der Waals surface area contributed by atoms with Gasteiger partial charge in [0.25, 0.3) is 0 Å². The molecule has 0 bridgehead atoms. The van der Waals surface area contributed by atoms with Crippen molar-refractivity contribution < 1.29 is 36.6 Å². The van der Waals surface area contributed by atoms with Gasteiger partial charge in [0, 0.05) is 37.0 Å². The lowest BCUT2D eigenvalue weighted by atomic mass is 9.43. The summed E-state index contributed by atoms with van der Waals surface area (Å²) in [5.74, 6) is -4.37. The Morgan fingerprint density at radius 3 is 2.49 bits per heavy atom. The summed E-state index contributed by atoms with van der Waals surface area (Å²) >= 11 is 0. The molecule has 0 spiro atoms. The van der Waals surface area contributed by atoms with E-state index in [2.05, 4.69) is 0 Å². The Hall–Kier alpha value is -2.39. The number of Topliss-reactive ketones (excluding diaryl/α,β-unsaturated/α-hetero) is 1. The van der Waals surface area contributed by atoms with E-state index in [9.17, 15) is 27.9 Å². The maximum atomic E-state index is 17.4. The number of aliphatic hydroxyl groups excluding tert-OH is 1. The molecule has 0 amide bonds. The smallest absolute Gasteiger partial charge is 0.178 e. The molecule has 0 radical (unpaired) electrons. The number of alkyl halides is 3. The van der Waals surface area contributed by atoms with Crippen LogP contribution in [0.3, 0.4) is 0 Å². The van der Waals surface area contributed by atoms with Gasteiger partial charge in [0.1, 0.15) is 24.5 Å². The number of aliphatic hydroxyl groups is 1. The van der Waals surface area contributed by atoms with E-state index in [0.717, 1.165) is 12.1 Å². The highest BCUT2D eigenvalue weighted by atomic mass is 19.2. The van der Waals surface area contributed by atoms with Crippen LogP contribution in [-0.4, -0.2) is 59.3 Å². The molecule has 1 aromatic rings. The second-order valence-corrected chi connectivity index (χ2v) is 12.8. The zero-order valence-electron chi connectivity index (χ0n) is 21.9. The van der Waals surface area contributed by atoms with Crippen LogP contribution in [0, 0.1) is 45.6 Å². The van der Waals surface area contributed by atoms with Gasteiger partial charge in [0.2, 0.25) is 0 Å². The molecule has 39 heavy (non-hydrogen) atoms. The highest BCUT2D eigenvalue weighted by Crippen LogP contribution is 2.74. The molecule has 9 heteroatoms. The van der Waals surface area contributed by atoms with Crippen molar-refractivity contribution in [1.29, 1.82) is 0 Å². The fraction of sp³-hybridized carbons (Fsp3) is 0.600. The average molecular weight is 550 g/mol. The lowest BCUT2D eigenvalue weighted by molar-refractivity contribution is -0.211. The molecule has 3 saturated carbocycles. The molecule has 0 aromatic heterocycles. The van der Waals surface area contributed by atoms with Gasteiger partial charge in [-0.3, -0.25) is 14.5 Å². The van der Waals surface area contributed by atoms with E-state index in [0.29, 0.717) is 18.5 Å². The number of benzene rings is 1. The van der Waals surface area contributed by atoms with Crippen LogP contribution in [-0.2, 0) is 16.1 Å². The third-order valence-corrected chi connectivity index (χ3v) is 11.2. The number of carbonyl (C=O) groups is 2.